The van der Waals surface area contributed by atoms with E-state index in [0.29, 0.717) is 0 Å². The van der Waals surface area contributed by atoms with Crippen LogP contribution in [0, 0.1) is 5.92 Å². The summed E-state index contributed by atoms with van der Waals surface area (Å²) in [5.41, 5.74) is 5.80. The van der Waals surface area contributed by atoms with Crippen molar-refractivity contribution in [2.24, 2.45) is 11.7 Å². The van der Waals surface area contributed by atoms with Gasteiger partial charge in [0.05, 0.1) is 0 Å². The van der Waals surface area contributed by atoms with Gasteiger partial charge in [0, 0.05) is 24.5 Å². The Morgan fingerprint density at radius 3 is 2.47 bits per heavy atom. The van der Waals surface area contributed by atoms with Crippen molar-refractivity contribution >= 4 is 5.91 Å². The van der Waals surface area contributed by atoms with E-state index in [2.05, 4.69) is 20.8 Å². The molecule has 3 heteroatoms. The molecule has 88 valence electrons. The van der Waals surface area contributed by atoms with Crippen LogP contribution in [0.3, 0.4) is 0 Å². The summed E-state index contributed by atoms with van der Waals surface area (Å²) in [6.45, 7) is 6.34. The van der Waals surface area contributed by atoms with Crippen LogP contribution in [0.15, 0.2) is 0 Å². The van der Waals surface area contributed by atoms with Gasteiger partial charge in [0.1, 0.15) is 0 Å². The lowest BCUT2D eigenvalue weighted by Crippen LogP contribution is -2.46. The molecule has 0 heterocycles. The number of carbonyl (C=O) groups excluding carboxylic acids is 1. The first-order valence-corrected chi connectivity index (χ1v) is 5.91. The second kappa shape index (κ2) is 4.52. The number of amides is 1. The second-order valence-electron chi connectivity index (χ2n) is 5.33. The van der Waals surface area contributed by atoms with Crippen LogP contribution in [0.4, 0.5) is 0 Å². The fourth-order valence-corrected chi connectivity index (χ4v) is 2.05. The van der Waals surface area contributed by atoms with Gasteiger partial charge in [-0.05, 0) is 39.5 Å². The van der Waals surface area contributed by atoms with Crippen LogP contribution < -0.4 is 5.73 Å². The van der Waals surface area contributed by atoms with E-state index in [4.69, 9.17) is 5.73 Å². The van der Waals surface area contributed by atoms with Crippen LogP contribution in [-0.2, 0) is 4.79 Å². The maximum absolute atomic E-state index is 12.2. The molecule has 0 bridgehead atoms. The van der Waals surface area contributed by atoms with Crippen LogP contribution in [0.25, 0.3) is 0 Å². The standard InChI is InChI=1S/C12H24N2O/c1-5-12(2,3)14(4)11(15)9-6-7-10(13)8-9/h9-10H,5-8,13H2,1-4H3. The van der Waals surface area contributed by atoms with E-state index in [1.165, 1.54) is 0 Å². The maximum atomic E-state index is 12.2. The fourth-order valence-electron chi connectivity index (χ4n) is 2.05. The minimum atomic E-state index is -0.0379. The molecule has 0 aromatic carbocycles. The molecule has 0 spiro atoms. The van der Waals surface area contributed by atoms with Crippen molar-refractivity contribution in [2.75, 3.05) is 7.05 Å². The zero-order chi connectivity index (χ0) is 11.6. The lowest BCUT2D eigenvalue weighted by atomic mass is 9.96. The number of nitrogens with zero attached hydrogens (tertiary/aromatic N) is 1. The van der Waals surface area contributed by atoms with Crippen LogP contribution in [0.5, 0.6) is 0 Å². The second-order valence-corrected chi connectivity index (χ2v) is 5.33. The van der Waals surface area contributed by atoms with Gasteiger partial charge in [0.2, 0.25) is 5.91 Å². The molecule has 2 unspecified atom stereocenters. The van der Waals surface area contributed by atoms with Gasteiger partial charge < -0.3 is 10.6 Å². The monoisotopic (exact) mass is 212 g/mol. The van der Waals surface area contributed by atoms with Crippen molar-refractivity contribution in [3.63, 3.8) is 0 Å². The summed E-state index contributed by atoms with van der Waals surface area (Å²) in [6, 6.07) is 0.233. The molecule has 0 aromatic heterocycles. The number of hydrogen-bond donors (Lipinski definition) is 1. The van der Waals surface area contributed by atoms with E-state index in [-0.39, 0.29) is 23.4 Å². The van der Waals surface area contributed by atoms with Crippen LogP contribution in [0.1, 0.15) is 46.5 Å². The molecule has 1 rings (SSSR count). The highest BCUT2D eigenvalue weighted by molar-refractivity contribution is 5.79. The number of nitrogens with two attached hydrogens (primary N) is 1. The Balaban J connectivity index is 2.60. The highest BCUT2D eigenvalue weighted by atomic mass is 16.2. The average molecular weight is 212 g/mol. The lowest BCUT2D eigenvalue weighted by molar-refractivity contribution is -0.139. The minimum absolute atomic E-state index is 0.0379. The normalized spacial score (nSPS) is 26.7. The predicted molar refractivity (Wildman–Crippen MR) is 62.5 cm³/mol. The minimum Gasteiger partial charge on any atom is -0.340 e. The summed E-state index contributed by atoms with van der Waals surface area (Å²) in [6.07, 6.45) is 3.80. The van der Waals surface area contributed by atoms with Crippen LogP contribution >= 0.6 is 0 Å². The molecule has 1 aliphatic carbocycles. The van der Waals surface area contributed by atoms with Crippen molar-refractivity contribution in [2.45, 2.75) is 58.0 Å². The first-order valence-electron chi connectivity index (χ1n) is 5.91. The highest BCUT2D eigenvalue weighted by Crippen LogP contribution is 2.28. The van der Waals surface area contributed by atoms with Gasteiger partial charge in [-0.2, -0.15) is 0 Å². The molecule has 0 radical (unpaired) electrons. The third kappa shape index (κ3) is 2.71. The first kappa shape index (κ1) is 12.5. The summed E-state index contributed by atoms with van der Waals surface area (Å²) in [5, 5.41) is 0. The van der Waals surface area contributed by atoms with Crippen molar-refractivity contribution in [3.8, 4) is 0 Å². The summed E-state index contributed by atoms with van der Waals surface area (Å²) < 4.78 is 0. The summed E-state index contributed by atoms with van der Waals surface area (Å²) in [5.74, 6) is 0.436. The molecule has 1 aliphatic rings. The third-order valence-electron chi connectivity index (χ3n) is 3.93. The molecule has 0 aromatic rings. The molecule has 1 fully saturated rings. The Morgan fingerprint density at radius 1 is 1.47 bits per heavy atom. The summed E-state index contributed by atoms with van der Waals surface area (Å²) in [7, 11) is 1.91. The third-order valence-corrected chi connectivity index (χ3v) is 3.93. The van der Waals surface area contributed by atoms with Crippen molar-refractivity contribution < 1.29 is 4.79 Å². The van der Waals surface area contributed by atoms with Gasteiger partial charge in [0.15, 0.2) is 0 Å². The molecule has 0 saturated heterocycles. The van der Waals surface area contributed by atoms with E-state index < -0.39 is 0 Å². The first-order chi connectivity index (χ1) is 6.88. The fraction of sp³-hybridized carbons (Fsp3) is 0.917. The molecule has 1 saturated carbocycles. The Bertz CT molecular complexity index is 238. The zero-order valence-electron chi connectivity index (χ0n) is 10.4. The van der Waals surface area contributed by atoms with E-state index in [9.17, 15) is 4.79 Å². The smallest absolute Gasteiger partial charge is 0.225 e. The number of hydrogen-bond acceptors (Lipinski definition) is 2. The van der Waals surface area contributed by atoms with E-state index in [0.717, 1.165) is 25.7 Å². The highest BCUT2D eigenvalue weighted by Gasteiger charge is 2.34. The van der Waals surface area contributed by atoms with Gasteiger partial charge in [0.25, 0.3) is 0 Å². The van der Waals surface area contributed by atoms with Gasteiger partial charge in [-0.1, -0.05) is 6.92 Å². The van der Waals surface area contributed by atoms with Gasteiger partial charge in [-0.25, -0.2) is 0 Å². The Labute approximate surface area is 93.0 Å². The Hall–Kier alpha value is -0.570. The van der Waals surface area contributed by atoms with Crippen molar-refractivity contribution in [1.82, 2.24) is 4.90 Å². The molecule has 0 aliphatic heterocycles. The average Bonchev–Trinajstić information content (AvgIpc) is 2.62. The maximum Gasteiger partial charge on any atom is 0.225 e. The number of carbonyl (C=O) groups is 1. The molecular weight excluding hydrogens is 188 g/mol. The van der Waals surface area contributed by atoms with E-state index in [1.54, 1.807) is 0 Å². The SMILES string of the molecule is CCC(C)(C)N(C)C(=O)C1CCC(N)C1. The molecule has 15 heavy (non-hydrogen) atoms. The predicted octanol–water partition coefficient (Wildman–Crippen LogP) is 1.76. The summed E-state index contributed by atoms with van der Waals surface area (Å²) >= 11 is 0. The largest absolute Gasteiger partial charge is 0.340 e. The summed E-state index contributed by atoms with van der Waals surface area (Å²) in [4.78, 5) is 14.1. The van der Waals surface area contributed by atoms with Gasteiger partial charge in [-0.3, -0.25) is 4.79 Å². The zero-order valence-corrected chi connectivity index (χ0v) is 10.4. The Kier molecular flexibility index (Phi) is 3.77. The van der Waals surface area contributed by atoms with E-state index in [1.807, 2.05) is 11.9 Å². The molecule has 3 nitrogen and oxygen atoms in total. The van der Waals surface area contributed by atoms with Crippen LogP contribution in [-0.4, -0.2) is 29.4 Å². The van der Waals surface area contributed by atoms with Gasteiger partial charge >= 0.3 is 0 Å². The molecule has 1 amide bonds. The quantitative estimate of drug-likeness (QED) is 0.775. The van der Waals surface area contributed by atoms with E-state index >= 15 is 0 Å². The van der Waals surface area contributed by atoms with Crippen molar-refractivity contribution in [3.05, 3.63) is 0 Å². The Morgan fingerprint density at radius 2 is 2.07 bits per heavy atom. The molecular formula is C12H24N2O. The van der Waals surface area contributed by atoms with Gasteiger partial charge in [-0.15, -0.1) is 0 Å². The lowest BCUT2D eigenvalue weighted by Gasteiger charge is -2.36. The topological polar surface area (TPSA) is 46.3 Å². The number of rotatable bonds is 3. The van der Waals surface area contributed by atoms with Crippen LogP contribution in [0.2, 0.25) is 0 Å². The molecule has 2 N–H and O–H groups in total. The van der Waals surface area contributed by atoms with Crippen molar-refractivity contribution in [1.29, 1.82) is 0 Å². The molecule has 2 atom stereocenters.